The molecule has 74 valence electrons. The zero-order valence-corrected chi connectivity index (χ0v) is 7.92. The molecule has 0 fully saturated rings. The summed E-state index contributed by atoms with van der Waals surface area (Å²) in [5, 5.41) is 9.26. The molecule has 1 heterocycles. The van der Waals surface area contributed by atoms with Gasteiger partial charge in [0.05, 0.1) is 0 Å². The predicted molar refractivity (Wildman–Crippen MR) is 55.2 cm³/mol. The van der Waals surface area contributed by atoms with E-state index >= 15 is 0 Å². The Kier molecular flexibility index (Phi) is 3.79. The summed E-state index contributed by atoms with van der Waals surface area (Å²) in [5.74, 6) is -0.345. The number of aryl methyl sites for hydroxylation is 1. The topological polar surface area (TPSA) is 48.8 Å². The minimum Gasteiger partial charge on any atom is -0.347 e. The third kappa shape index (κ3) is 3.35. The maximum atomic E-state index is 12.0. The Balaban J connectivity index is 2.56. The number of hydrogen-bond acceptors (Lipinski definition) is 3. The summed E-state index contributed by atoms with van der Waals surface area (Å²) in [6, 6.07) is 3.76. The SMILES string of the molecule is CCc1ccc(N/C=C\C(=N)F)nc1. The molecule has 1 aromatic heterocycles. The van der Waals surface area contributed by atoms with Crippen LogP contribution in [0, 0.1) is 5.41 Å². The zero-order chi connectivity index (χ0) is 10.4. The Morgan fingerprint density at radius 2 is 2.43 bits per heavy atom. The average molecular weight is 193 g/mol. The van der Waals surface area contributed by atoms with Crippen LogP contribution < -0.4 is 5.32 Å². The van der Waals surface area contributed by atoms with E-state index in [1.807, 2.05) is 12.1 Å². The van der Waals surface area contributed by atoms with Gasteiger partial charge in [-0.3, -0.25) is 5.41 Å². The van der Waals surface area contributed by atoms with E-state index in [4.69, 9.17) is 5.41 Å². The summed E-state index contributed by atoms with van der Waals surface area (Å²) in [7, 11) is 0. The van der Waals surface area contributed by atoms with Crippen molar-refractivity contribution in [1.82, 2.24) is 4.98 Å². The van der Waals surface area contributed by atoms with Gasteiger partial charge in [0.2, 0.25) is 5.97 Å². The Morgan fingerprint density at radius 3 is 2.93 bits per heavy atom. The van der Waals surface area contributed by atoms with Gasteiger partial charge in [0.25, 0.3) is 0 Å². The third-order valence-corrected chi connectivity index (χ3v) is 1.69. The van der Waals surface area contributed by atoms with Crippen LogP contribution in [0.4, 0.5) is 10.2 Å². The quantitative estimate of drug-likeness (QED) is 0.722. The van der Waals surface area contributed by atoms with Gasteiger partial charge in [-0.15, -0.1) is 0 Å². The Morgan fingerprint density at radius 1 is 1.64 bits per heavy atom. The summed E-state index contributed by atoms with van der Waals surface area (Å²) in [5.41, 5.74) is 1.15. The first-order chi connectivity index (χ1) is 6.72. The molecule has 0 bridgehead atoms. The van der Waals surface area contributed by atoms with Gasteiger partial charge in [-0.2, -0.15) is 4.39 Å². The van der Waals surface area contributed by atoms with Crippen LogP contribution in [0.1, 0.15) is 12.5 Å². The Labute approximate surface area is 82.2 Å². The molecule has 14 heavy (non-hydrogen) atoms. The fourth-order valence-corrected chi connectivity index (χ4v) is 0.919. The van der Waals surface area contributed by atoms with E-state index in [9.17, 15) is 4.39 Å². The number of nitrogens with one attached hydrogen (secondary N) is 2. The van der Waals surface area contributed by atoms with Gasteiger partial charge in [0.1, 0.15) is 5.82 Å². The standard InChI is InChI=1S/C10H12FN3/c1-2-8-3-4-10(14-7-8)13-6-5-9(11)12/h3-7,12H,2H2,1H3,(H,13,14)/b6-5-,12-9?. The van der Waals surface area contributed by atoms with Gasteiger partial charge in [-0.25, -0.2) is 4.98 Å². The van der Waals surface area contributed by atoms with E-state index in [1.54, 1.807) is 6.20 Å². The van der Waals surface area contributed by atoms with E-state index in [-0.39, 0.29) is 0 Å². The van der Waals surface area contributed by atoms with Crippen LogP contribution in [-0.2, 0) is 6.42 Å². The number of allylic oxidation sites excluding steroid dienone is 1. The van der Waals surface area contributed by atoms with Gasteiger partial charge in [0.15, 0.2) is 0 Å². The van der Waals surface area contributed by atoms with Crippen molar-refractivity contribution in [2.24, 2.45) is 0 Å². The first-order valence-electron chi connectivity index (χ1n) is 4.34. The normalized spacial score (nSPS) is 10.4. The fraction of sp³-hybridized carbons (Fsp3) is 0.200. The molecule has 3 nitrogen and oxygen atoms in total. The molecule has 0 radical (unpaired) electrons. The summed E-state index contributed by atoms with van der Waals surface area (Å²) < 4.78 is 12.0. The molecule has 0 amide bonds. The minimum absolute atomic E-state index is 0.639. The van der Waals surface area contributed by atoms with Gasteiger partial charge in [0, 0.05) is 18.5 Å². The largest absolute Gasteiger partial charge is 0.347 e. The number of hydrogen-bond donors (Lipinski definition) is 2. The second kappa shape index (κ2) is 5.11. The lowest BCUT2D eigenvalue weighted by Crippen LogP contribution is -1.93. The van der Waals surface area contributed by atoms with Crippen molar-refractivity contribution in [3.8, 4) is 0 Å². The van der Waals surface area contributed by atoms with Crippen molar-refractivity contribution < 1.29 is 4.39 Å². The average Bonchev–Trinajstić information content (AvgIpc) is 2.18. The lowest BCUT2D eigenvalue weighted by molar-refractivity contribution is 0.803. The first kappa shape index (κ1) is 10.4. The van der Waals surface area contributed by atoms with Crippen molar-refractivity contribution in [2.45, 2.75) is 13.3 Å². The number of anilines is 1. The molecule has 2 N–H and O–H groups in total. The maximum absolute atomic E-state index is 12.0. The molecule has 0 saturated heterocycles. The van der Waals surface area contributed by atoms with Crippen molar-refractivity contribution in [3.63, 3.8) is 0 Å². The molecule has 0 aliphatic heterocycles. The fourth-order valence-electron chi connectivity index (χ4n) is 0.919. The van der Waals surface area contributed by atoms with Crippen LogP contribution in [0.2, 0.25) is 0 Å². The van der Waals surface area contributed by atoms with E-state index in [2.05, 4.69) is 17.2 Å². The third-order valence-electron chi connectivity index (χ3n) is 1.69. The first-order valence-corrected chi connectivity index (χ1v) is 4.34. The highest BCUT2D eigenvalue weighted by molar-refractivity contribution is 5.83. The van der Waals surface area contributed by atoms with E-state index < -0.39 is 5.97 Å². The van der Waals surface area contributed by atoms with E-state index in [0.29, 0.717) is 5.82 Å². The molecule has 0 spiro atoms. The molecule has 0 unspecified atom stereocenters. The van der Waals surface area contributed by atoms with E-state index in [0.717, 1.165) is 18.1 Å². The van der Waals surface area contributed by atoms with Gasteiger partial charge >= 0.3 is 0 Å². The number of pyridine rings is 1. The Bertz CT molecular complexity index is 330. The lowest BCUT2D eigenvalue weighted by Gasteiger charge is -2.00. The van der Waals surface area contributed by atoms with Crippen molar-refractivity contribution in [2.75, 3.05) is 5.32 Å². The summed E-state index contributed by atoms with van der Waals surface area (Å²) in [6.45, 7) is 2.05. The second-order valence-electron chi connectivity index (χ2n) is 2.73. The highest BCUT2D eigenvalue weighted by atomic mass is 19.1. The Hall–Kier alpha value is -1.71. The number of rotatable bonds is 4. The summed E-state index contributed by atoms with van der Waals surface area (Å²) >= 11 is 0. The van der Waals surface area contributed by atoms with Gasteiger partial charge < -0.3 is 5.32 Å². The highest BCUT2D eigenvalue weighted by Gasteiger charge is 1.91. The molecular weight excluding hydrogens is 181 g/mol. The monoisotopic (exact) mass is 193 g/mol. The zero-order valence-electron chi connectivity index (χ0n) is 7.92. The molecule has 0 aliphatic rings. The number of halogens is 1. The van der Waals surface area contributed by atoms with Gasteiger partial charge in [-0.1, -0.05) is 13.0 Å². The molecule has 0 saturated carbocycles. The molecule has 0 atom stereocenters. The molecule has 0 aliphatic carbocycles. The van der Waals surface area contributed by atoms with Crippen LogP contribution in [0.5, 0.6) is 0 Å². The van der Waals surface area contributed by atoms with Crippen molar-refractivity contribution in [3.05, 3.63) is 36.2 Å². The maximum Gasteiger partial charge on any atom is 0.206 e. The summed E-state index contributed by atoms with van der Waals surface area (Å²) in [4.78, 5) is 4.09. The second-order valence-corrected chi connectivity index (χ2v) is 2.73. The van der Waals surface area contributed by atoms with Crippen LogP contribution in [0.15, 0.2) is 30.6 Å². The minimum atomic E-state index is -0.984. The highest BCUT2D eigenvalue weighted by Crippen LogP contribution is 2.05. The van der Waals surface area contributed by atoms with Crippen LogP contribution in [0.25, 0.3) is 0 Å². The molecule has 0 aromatic carbocycles. The molecule has 4 heteroatoms. The lowest BCUT2D eigenvalue weighted by atomic mass is 10.2. The molecule has 1 aromatic rings. The van der Waals surface area contributed by atoms with Crippen LogP contribution in [-0.4, -0.2) is 10.9 Å². The summed E-state index contributed by atoms with van der Waals surface area (Å²) in [6.07, 6.45) is 5.07. The predicted octanol–water partition coefficient (Wildman–Crippen LogP) is 2.52. The van der Waals surface area contributed by atoms with Crippen LogP contribution >= 0.6 is 0 Å². The van der Waals surface area contributed by atoms with Crippen molar-refractivity contribution >= 4 is 11.8 Å². The van der Waals surface area contributed by atoms with Crippen LogP contribution in [0.3, 0.4) is 0 Å². The number of nitrogens with zero attached hydrogens (tertiary/aromatic N) is 1. The smallest absolute Gasteiger partial charge is 0.206 e. The molecule has 1 rings (SSSR count). The molecular formula is C10H12FN3. The van der Waals surface area contributed by atoms with Crippen molar-refractivity contribution in [1.29, 1.82) is 5.41 Å². The number of aromatic nitrogens is 1. The van der Waals surface area contributed by atoms with E-state index in [1.165, 1.54) is 6.20 Å². The van der Waals surface area contributed by atoms with Gasteiger partial charge in [-0.05, 0) is 18.1 Å².